The Kier molecular flexibility index (Phi) is 5.57. The molecule has 2 unspecified atom stereocenters. The SMILES string of the molecule is Cc1ccc(C(=O)N2C(=O)c3ccccc3N=C3Nc4ccccc4NC(c4ccc(C)cc4)C32)cc1. The van der Waals surface area contributed by atoms with Crippen molar-refractivity contribution in [2.75, 3.05) is 10.6 Å². The standard InChI is InChI=1S/C31H26N4O2/c1-19-11-15-21(16-12-19)27-28-29(34-26-10-6-5-9-25(26)32-27)33-24-8-4-3-7-23(24)31(37)35(28)30(36)22-17-13-20(2)14-18-22/h3-18,27-28,32H,1-2H3,(H,33,34). The van der Waals surface area contributed by atoms with E-state index >= 15 is 0 Å². The van der Waals surface area contributed by atoms with Crippen molar-refractivity contribution in [2.45, 2.75) is 25.9 Å². The largest absolute Gasteiger partial charge is 0.374 e. The van der Waals surface area contributed by atoms with E-state index in [-0.39, 0.29) is 11.8 Å². The van der Waals surface area contributed by atoms with Crippen molar-refractivity contribution in [1.29, 1.82) is 0 Å². The number of nitrogens with one attached hydrogen (secondary N) is 2. The van der Waals surface area contributed by atoms with Crippen molar-refractivity contribution in [3.8, 4) is 0 Å². The van der Waals surface area contributed by atoms with Gasteiger partial charge in [0.15, 0.2) is 0 Å². The van der Waals surface area contributed by atoms with Crippen LogP contribution in [0.2, 0.25) is 0 Å². The zero-order valence-corrected chi connectivity index (χ0v) is 20.6. The van der Waals surface area contributed by atoms with Gasteiger partial charge in [0.1, 0.15) is 11.9 Å². The molecule has 2 amide bonds. The number of carbonyl (C=O) groups excluding carboxylic acids is 2. The topological polar surface area (TPSA) is 73.8 Å². The number of nitrogens with zero attached hydrogens (tertiary/aromatic N) is 2. The molecule has 0 aliphatic carbocycles. The maximum Gasteiger partial charge on any atom is 0.263 e. The van der Waals surface area contributed by atoms with Crippen LogP contribution in [0.4, 0.5) is 17.1 Å². The fourth-order valence-electron chi connectivity index (χ4n) is 4.93. The fourth-order valence-corrected chi connectivity index (χ4v) is 4.93. The van der Waals surface area contributed by atoms with Crippen molar-refractivity contribution in [1.82, 2.24) is 4.90 Å². The molecule has 4 aromatic rings. The van der Waals surface area contributed by atoms with Crippen LogP contribution in [0.15, 0.2) is 102 Å². The van der Waals surface area contributed by atoms with Gasteiger partial charge in [0.05, 0.1) is 28.7 Å². The van der Waals surface area contributed by atoms with Gasteiger partial charge < -0.3 is 10.6 Å². The lowest BCUT2D eigenvalue weighted by Gasteiger charge is -2.35. The number of amidine groups is 1. The molecule has 2 atom stereocenters. The van der Waals surface area contributed by atoms with Gasteiger partial charge in [0, 0.05) is 5.56 Å². The number of fused-ring (bicyclic) bond motifs is 3. The Bertz CT molecular complexity index is 1540. The highest BCUT2D eigenvalue weighted by atomic mass is 16.2. The van der Waals surface area contributed by atoms with E-state index in [1.807, 2.05) is 86.6 Å². The monoisotopic (exact) mass is 486 g/mol. The summed E-state index contributed by atoms with van der Waals surface area (Å²) in [7, 11) is 0. The molecule has 0 aromatic heterocycles. The Morgan fingerprint density at radius 3 is 2.14 bits per heavy atom. The lowest BCUT2D eigenvalue weighted by Crippen LogP contribution is -2.53. The summed E-state index contributed by atoms with van der Waals surface area (Å²) < 4.78 is 0. The lowest BCUT2D eigenvalue weighted by atomic mass is 9.95. The first-order chi connectivity index (χ1) is 18.0. The molecule has 0 radical (unpaired) electrons. The predicted octanol–water partition coefficient (Wildman–Crippen LogP) is 6.28. The number of hydrogen-bond acceptors (Lipinski definition) is 5. The van der Waals surface area contributed by atoms with Gasteiger partial charge in [-0.25, -0.2) is 4.99 Å². The van der Waals surface area contributed by atoms with Crippen LogP contribution in [-0.4, -0.2) is 28.6 Å². The Morgan fingerprint density at radius 1 is 0.784 bits per heavy atom. The second-order valence-corrected chi connectivity index (χ2v) is 9.51. The van der Waals surface area contributed by atoms with Gasteiger partial charge in [-0.1, -0.05) is 71.8 Å². The highest BCUT2D eigenvalue weighted by Crippen LogP contribution is 2.39. The molecule has 2 aliphatic rings. The van der Waals surface area contributed by atoms with Gasteiger partial charge in [-0.15, -0.1) is 0 Å². The molecule has 2 aliphatic heterocycles. The van der Waals surface area contributed by atoms with E-state index in [2.05, 4.69) is 10.6 Å². The van der Waals surface area contributed by atoms with Gasteiger partial charge in [0.2, 0.25) is 0 Å². The molecule has 4 aromatic carbocycles. The summed E-state index contributed by atoms with van der Waals surface area (Å²) in [5.41, 5.74) is 6.17. The van der Waals surface area contributed by atoms with Gasteiger partial charge in [-0.05, 0) is 55.8 Å². The van der Waals surface area contributed by atoms with Crippen molar-refractivity contribution in [3.63, 3.8) is 0 Å². The van der Waals surface area contributed by atoms with Crippen LogP contribution in [0.3, 0.4) is 0 Å². The lowest BCUT2D eigenvalue weighted by molar-refractivity contribution is 0.0577. The molecular formula is C31H26N4O2. The summed E-state index contributed by atoms with van der Waals surface area (Å²) in [6, 6.07) is 29.3. The molecule has 0 bridgehead atoms. The van der Waals surface area contributed by atoms with Gasteiger partial charge in [-0.2, -0.15) is 0 Å². The Labute approximate surface area is 215 Å². The zero-order valence-electron chi connectivity index (χ0n) is 20.6. The van der Waals surface area contributed by atoms with E-state index < -0.39 is 12.1 Å². The molecule has 2 heterocycles. The third kappa shape index (κ3) is 4.06. The summed E-state index contributed by atoms with van der Waals surface area (Å²) in [6.07, 6.45) is 0. The Morgan fingerprint density at radius 2 is 1.41 bits per heavy atom. The molecular weight excluding hydrogens is 460 g/mol. The molecule has 2 N–H and O–H groups in total. The molecule has 6 rings (SSSR count). The first-order valence-electron chi connectivity index (χ1n) is 12.3. The minimum atomic E-state index is -0.733. The summed E-state index contributed by atoms with van der Waals surface area (Å²) >= 11 is 0. The Balaban J connectivity index is 1.60. The van der Waals surface area contributed by atoms with Crippen LogP contribution in [0.5, 0.6) is 0 Å². The van der Waals surface area contributed by atoms with E-state index in [1.54, 1.807) is 24.3 Å². The fraction of sp³-hybridized carbons (Fsp3) is 0.129. The number of para-hydroxylation sites is 3. The quantitative estimate of drug-likeness (QED) is 0.327. The number of aryl methyl sites for hydroxylation is 2. The molecule has 0 spiro atoms. The van der Waals surface area contributed by atoms with Gasteiger partial charge >= 0.3 is 0 Å². The third-order valence-electron chi connectivity index (χ3n) is 6.92. The number of anilines is 2. The van der Waals surface area contributed by atoms with Crippen molar-refractivity contribution >= 4 is 34.7 Å². The second kappa shape index (κ2) is 9.06. The number of aliphatic imine (C=N–C) groups is 1. The third-order valence-corrected chi connectivity index (χ3v) is 6.92. The smallest absolute Gasteiger partial charge is 0.263 e. The molecule has 6 heteroatoms. The first kappa shape index (κ1) is 22.7. The number of hydrogen-bond donors (Lipinski definition) is 2. The molecule has 37 heavy (non-hydrogen) atoms. The highest BCUT2D eigenvalue weighted by molar-refractivity contribution is 6.19. The summed E-state index contributed by atoms with van der Waals surface area (Å²) in [5.74, 6) is -0.218. The minimum Gasteiger partial charge on any atom is -0.374 e. The van der Waals surface area contributed by atoms with E-state index in [1.165, 1.54) is 4.90 Å². The van der Waals surface area contributed by atoms with Crippen molar-refractivity contribution in [3.05, 3.63) is 125 Å². The summed E-state index contributed by atoms with van der Waals surface area (Å²) in [4.78, 5) is 34.6. The van der Waals surface area contributed by atoms with Gasteiger partial charge in [-0.3, -0.25) is 14.5 Å². The average molecular weight is 487 g/mol. The number of carbonyl (C=O) groups is 2. The maximum absolute atomic E-state index is 14.2. The van der Waals surface area contributed by atoms with Crippen molar-refractivity contribution in [2.24, 2.45) is 4.99 Å². The second-order valence-electron chi connectivity index (χ2n) is 9.51. The van der Waals surface area contributed by atoms with E-state index in [9.17, 15) is 9.59 Å². The Hall–Kier alpha value is -4.71. The van der Waals surface area contributed by atoms with E-state index in [4.69, 9.17) is 4.99 Å². The van der Waals surface area contributed by atoms with E-state index in [0.717, 1.165) is 28.1 Å². The van der Waals surface area contributed by atoms with Crippen molar-refractivity contribution < 1.29 is 9.59 Å². The normalized spacial score (nSPS) is 18.2. The van der Waals surface area contributed by atoms with E-state index in [0.29, 0.717) is 22.6 Å². The number of imide groups is 1. The van der Waals surface area contributed by atoms with Gasteiger partial charge in [0.25, 0.3) is 11.8 Å². The zero-order chi connectivity index (χ0) is 25.5. The van der Waals surface area contributed by atoms with Crippen LogP contribution < -0.4 is 10.6 Å². The number of benzene rings is 4. The maximum atomic E-state index is 14.2. The van der Waals surface area contributed by atoms with Crippen LogP contribution in [0.1, 0.15) is 43.4 Å². The molecule has 0 saturated heterocycles. The molecule has 6 nitrogen and oxygen atoms in total. The van der Waals surface area contributed by atoms with Crippen LogP contribution in [0, 0.1) is 13.8 Å². The summed E-state index contributed by atoms with van der Waals surface area (Å²) in [5, 5.41) is 7.09. The minimum absolute atomic E-state index is 0.369. The number of rotatable bonds is 2. The molecule has 182 valence electrons. The number of amides is 2. The van der Waals surface area contributed by atoms with Crippen LogP contribution in [-0.2, 0) is 0 Å². The summed E-state index contributed by atoms with van der Waals surface area (Å²) in [6.45, 7) is 4.00. The van der Waals surface area contributed by atoms with Crippen LogP contribution in [0.25, 0.3) is 0 Å². The first-order valence-corrected chi connectivity index (χ1v) is 12.3. The highest BCUT2D eigenvalue weighted by Gasteiger charge is 2.44. The average Bonchev–Trinajstić information content (AvgIpc) is 3.14. The molecule has 0 saturated carbocycles. The predicted molar refractivity (Wildman–Crippen MR) is 147 cm³/mol. The molecule has 0 fully saturated rings. The van der Waals surface area contributed by atoms with Crippen LogP contribution >= 0.6 is 0 Å².